The predicted molar refractivity (Wildman–Crippen MR) is 92.4 cm³/mol. The first-order chi connectivity index (χ1) is 12.7. The highest BCUT2D eigenvalue weighted by Gasteiger charge is 2.35. The van der Waals surface area contributed by atoms with Gasteiger partial charge in [0.05, 0.1) is 35.7 Å². The van der Waals surface area contributed by atoms with Gasteiger partial charge in [0.1, 0.15) is 0 Å². The summed E-state index contributed by atoms with van der Waals surface area (Å²) in [5.74, 6) is 1.81. The molecule has 0 bridgehead atoms. The minimum Gasteiger partial charge on any atom is -0.420 e. The van der Waals surface area contributed by atoms with Crippen molar-refractivity contribution in [1.29, 1.82) is 0 Å². The molecule has 0 aromatic carbocycles. The van der Waals surface area contributed by atoms with Crippen molar-refractivity contribution < 1.29 is 9.15 Å². The van der Waals surface area contributed by atoms with Gasteiger partial charge in [-0.25, -0.2) is 0 Å². The zero-order chi connectivity index (χ0) is 17.7. The Morgan fingerprint density at radius 3 is 2.73 bits per heavy atom. The third kappa shape index (κ3) is 2.65. The summed E-state index contributed by atoms with van der Waals surface area (Å²) >= 11 is 0. The van der Waals surface area contributed by atoms with Gasteiger partial charge in [-0.3, -0.25) is 9.36 Å². The van der Waals surface area contributed by atoms with Gasteiger partial charge in [0, 0.05) is 38.4 Å². The molecule has 3 aromatic heterocycles. The first kappa shape index (κ1) is 15.7. The van der Waals surface area contributed by atoms with Crippen molar-refractivity contribution in [3.05, 3.63) is 35.7 Å². The second-order valence-electron chi connectivity index (χ2n) is 7.27. The van der Waals surface area contributed by atoms with E-state index in [2.05, 4.69) is 20.4 Å². The molecule has 136 valence electrons. The summed E-state index contributed by atoms with van der Waals surface area (Å²) in [6.07, 6.45) is 9.94. The molecule has 1 saturated carbocycles. The van der Waals surface area contributed by atoms with E-state index in [1.165, 1.54) is 18.5 Å². The van der Waals surface area contributed by atoms with Gasteiger partial charge in [0.25, 0.3) is 5.89 Å². The Morgan fingerprint density at radius 2 is 1.96 bits per heavy atom. The highest BCUT2D eigenvalue weighted by Crippen LogP contribution is 2.45. The van der Waals surface area contributed by atoms with Gasteiger partial charge in [-0.15, -0.1) is 10.2 Å². The van der Waals surface area contributed by atoms with Crippen molar-refractivity contribution in [2.24, 2.45) is 14.1 Å². The van der Waals surface area contributed by atoms with Crippen LogP contribution >= 0.6 is 0 Å². The quantitative estimate of drug-likeness (QED) is 0.716. The Morgan fingerprint density at radius 1 is 1.08 bits per heavy atom. The minimum atomic E-state index is -0.0949. The Balaban J connectivity index is 1.47. The first-order valence-electron chi connectivity index (χ1n) is 9.16. The average Bonchev–Trinajstić information content (AvgIpc) is 3.05. The van der Waals surface area contributed by atoms with Crippen molar-refractivity contribution in [3.63, 3.8) is 0 Å². The van der Waals surface area contributed by atoms with Gasteiger partial charge < -0.3 is 9.15 Å². The molecule has 0 N–H and O–H groups in total. The van der Waals surface area contributed by atoms with E-state index < -0.39 is 0 Å². The molecule has 1 saturated heterocycles. The Hall–Kier alpha value is -2.48. The van der Waals surface area contributed by atoms with Crippen molar-refractivity contribution in [2.75, 3.05) is 6.61 Å². The summed E-state index contributed by atoms with van der Waals surface area (Å²) in [6, 6.07) is 0. The van der Waals surface area contributed by atoms with Gasteiger partial charge >= 0.3 is 0 Å². The van der Waals surface area contributed by atoms with Crippen LogP contribution in [0.4, 0.5) is 0 Å². The molecule has 5 rings (SSSR count). The minimum absolute atomic E-state index is 0.0512. The van der Waals surface area contributed by atoms with Crippen LogP contribution in [-0.2, 0) is 18.8 Å². The number of hydrogen-bond donors (Lipinski definition) is 0. The van der Waals surface area contributed by atoms with Crippen LogP contribution in [0.1, 0.15) is 60.8 Å². The summed E-state index contributed by atoms with van der Waals surface area (Å²) < 4.78 is 15.9. The molecule has 3 aromatic rings. The maximum Gasteiger partial charge on any atom is 0.251 e. The maximum absolute atomic E-state index is 6.12. The van der Waals surface area contributed by atoms with E-state index in [0.29, 0.717) is 17.7 Å². The number of aromatic nitrogens is 6. The monoisotopic (exact) mass is 354 g/mol. The highest BCUT2D eigenvalue weighted by atomic mass is 16.5. The van der Waals surface area contributed by atoms with Crippen LogP contribution in [0, 0.1) is 0 Å². The second-order valence-corrected chi connectivity index (χ2v) is 7.27. The van der Waals surface area contributed by atoms with E-state index >= 15 is 0 Å². The fraction of sp³-hybridized carbons (Fsp3) is 0.556. The number of nitrogens with zero attached hydrogens (tertiary/aromatic N) is 6. The van der Waals surface area contributed by atoms with Crippen molar-refractivity contribution in [1.82, 2.24) is 29.8 Å². The lowest BCUT2D eigenvalue weighted by Gasteiger charge is -2.28. The van der Waals surface area contributed by atoms with E-state index in [4.69, 9.17) is 9.15 Å². The molecule has 4 heterocycles. The predicted octanol–water partition coefficient (Wildman–Crippen LogP) is 2.72. The van der Waals surface area contributed by atoms with E-state index in [1.54, 1.807) is 4.68 Å². The molecule has 1 aliphatic carbocycles. The SMILES string of the molecule is Cn1cc([C@@H]2OCCC[C@H]2c2nnc(-c3cnn(C)c3C3CC3)o2)cn1. The van der Waals surface area contributed by atoms with Crippen LogP contribution < -0.4 is 0 Å². The fourth-order valence-electron chi connectivity index (χ4n) is 3.90. The topological polar surface area (TPSA) is 83.8 Å². The molecule has 0 spiro atoms. The summed E-state index contributed by atoms with van der Waals surface area (Å²) in [5, 5.41) is 17.4. The molecule has 2 fully saturated rings. The van der Waals surface area contributed by atoms with Gasteiger partial charge in [-0.1, -0.05) is 0 Å². The zero-order valence-corrected chi connectivity index (χ0v) is 15.0. The van der Waals surface area contributed by atoms with Gasteiger partial charge in [-0.05, 0) is 25.7 Å². The van der Waals surface area contributed by atoms with Crippen LogP contribution in [0.3, 0.4) is 0 Å². The van der Waals surface area contributed by atoms with Gasteiger partial charge in [0.2, 0.25) is 5.89 Å². The van der Waals surface area contributed by atoms with Crippen molar-refractivity contribution >= 4 is 0 Å². The molecular formula is C18H22N6O2. The summed E-state index contributed by atoms with van der Waals surface area (Å²) in [7, 11) is 3.88. The van der Waals surface area contributed by atoms with Gasteiger partial charge in [-0.2, -0.15) is 10.2 Å². The fourth-order valence-corrected chi connectivity index (χ4v) is 3.90. The Labute approximate surface area is 151 Å². The van der Waals surface area contributed by atoms with Crippen molar-refractivity contribution in [3.8, 4) is 11.5 Å². The van der Waals surface area contributed by atoms with Crippen LogP contribution in [0.25, 0.3) is 11.5 Å². The Kier molecular flexibility index (Phi) is 3.66. The Bertz CT molecular complexity index is 922. The summed E-state index contributed by atoms with van der Waals surface area (Å²) in [5.41, 5.74) is 3.21. The van der Waals surface area contributed by atoms with Crippen LogP contribution in [0.15, 0.2) is 23.0 Å². The first-order valence-corrected chi connectivity index (χ1v) is 9.16. The standard InChI is InChI=1S/C18H22N6O2/c1-23-10-12(8-19-23)16-13(4-3-7-25-16)17-21-22-18(26-17)14-9-20-24(2)15(14)11-5-6-11/h8-11,13,16H,3-7H2,1-2H3/t13-,16+/m1/s1. The molecule has 0 radical (unpaired) electrons. The number of rotatable bonds is 4. The third-order valence-electron chi connectivity index (χ3n) is 5.31. The largest absolute Gasteiger partial charge is 0.420 e. The number of hydrogen-bond acceptors (Lipinski definition) is 6. The normalized spacial score (nSPS) is 23.5. The highest BCUT2D eigenvalue weighted by molar-refractivity contribution is 5.57. The molecule has 8 heteroatoms. The third-order valence-corrected chi connectivity index (χ3v) is 5.31. The van der Waals surface area contributed by atoms with E-state index in [0.717, 1.165) is 30.6 Å². The average molecular weight is 354 g/mol. The summed E-state index contributed by atoms with van der Waals surface area (Å²) in [4.78, 5) is 0. The molecule has 0 amide bonds. The number of aryl methyl sites for hydroxylation is 2. The molecule has 2 atom stereocenters. The molecule has 2 aliphatic rings. The van der Waals surface area contributed by atoms with E-state index in [9.17, 15) is 0 Å². The van der Waals surface area contributed by atoms with E-state index in [1.807, 2.05) is 37.4 Å². The molecule has 8 nitrogen and oxygen atoms in total. The maximum atomic E-state index is 6.12. The van der Waals surface area contributed by atoms with Crippen molar-refractivity contribution in [2.45, 2.75) is 43.6 Å². The van der Waals surface area contributed by atoms with Crippen LogP contribution in [0.5, 0.6) is 0 Å². The molecule has 1 aliphatic heterocycles. The smallest absolute Gasteiger partial charge is 0.251 e. The van der Waals surface area contributed by atoms with Gasteiger partial charge in [0.15, 0.2) is 0 Å². The number of ether oxygens (including phenoxy) is 1. The molecule has 0 unspecified atom stereocenters. The van der Waals surface area contributed by atoms with E-state index in [-0.39, 0.29) is 12.0 Å². The zero-order valence-electron chi connectivity index (χ0n) is 15.0. The van der Waals surface area contributed by atoms with Crippen LogP contribution in [0.2, 0.25) is 0 Å². The lowest BCUT2D eigenvalue weighted by molar-refractivity contribution is -0.00890. The van der Waals surface area contributed by atoms with Crippen LogP contribution in [-0.4, -0.2) is 36.4 Å². The molecular weight excluding hydrogens is 332 g/mol. The summed E-state index contributed by atoms with van der Waals surface area (Å²) in [6.45, 7) is 0.742. The molecule has 26 heavy (non-hydrogen) atoms. The lowest BCUT2D eigenvalue weighted by Crippen LogP contribution is -2.21. The lowest BCUT2D eigenvalue weighted by atomic mass is 9.91. The second kappa shape index (κ2) is 6.05.